The minimum atomic E-state index is -0.862. The molecular weight excluding hydrogens is 404 g/mol. The molecule has 31 heavy (non-hydrogen) atoms. The lowest BCUT2D eigenvalue weighted by atomic mass is 9.94. The van der Waals surface area contributed by atoms with Crippen LogP contribution < -0.4 is 14.2 Å². The second-order valence-corrected chi connectivity index (χ2v) is 7.23. The molecule has 0 saturated carbocycles. The van der Waals surface area contributed by atoms with Crippen molar-refractivity contribution in [2.24, 2.45) is 0 Å². The molecule has 0 radical (unpaired) electrons. The first-order valence-electron chi connectivity index (χ1n) is 9.60. The van der Waals surface area contributed by atoms with Gasteiger partial charge in [-0.2, -0.15) is 0 Å². The Balaban J connectivity index is 2.17. The van der Waals surface area contributed by atoms with Gasteiger partial charge in [0, 0.05) is 13.1 Å². The van der Waals surface area contributed by atoms with Crippen molar-refractivity contribution in [3.8, 4) is 17.2 Å². The molecule has 166 valence electrons. The fourth-order valence-corrected chi connectivity index (χ4v) is 3.57. The van der Waals surface area contributed by atoms with Gasteiger partial charge in [-0.1, -0.05) is 0 Å². The summed E-state index contributed by atoms with van der Waals surface area (Å²) in [4.78, 5) is 29.5. The van der Waals surface area contributed by atoms with E-state index in [4.69, 9.17) is 18.6 Å². The van der Waals surface area contributed by atoms with Crippen LogP contribution in [0.1, 0.15) is 22.2 Å². The first-order chi connectivity index (χ1) is 14.8. The maximum atomic E-state index is 13.2. The molecule has 1 atom stereocenters. The molecule has 0 spiro atoms. The summed E-state index contributed by atoms with van der Waals surface area (Å²) in [6.45, 7) is 0.814. The molecule has 0 saturated heterocycles. The molecule has 2 heterocycles. The molecule has 0 fully saturated rings. The number of carbonyl (C=O) groups is 2. The predicted molar refractivity (Wildman–Crippen MR) is 112 cm³/mol. The minimum Gasteiger partial charge on any atom is -0.503 e. The molecule has 0 bridgehead atoms. The standard InChI is InChI=1S/C22H26N2O7/c1-23(2)8-9-24-18(13-11-15(28-3)21(30-5)16(12-13)29-4)17(20(26)22(24)27)19(25)14-7-6-10-31-14/h6-7,10-12,18,26H,8-9H2,1-5H3/t18-/m1/s1. The average molecular weight is 430 g/mol. The van der Waals surface area contributed by atoms with Crippen LogP contribution in [0.25, 0.3) is 0 Å². The second kappa shape index (κ2) is 9.13. The van der Waals surface area contributed by atoms with Gasteiger partial charge in [0.25, 0.3) is 5.91 Å². The van der Waals surface area contributed by atoms with E-state index in [0.717, 1.165) is 0 Å². The summed E-state index contributed by atoms with van der Waals surface area (Å²) in [7, 11) is 8.19. The molecule has 9 nitrogen and oxygen atoms in total. The summed E-state index contributed by atoms with van der Waals surface area (Å²) in [5, 5.41) is 10.7. The van der Waals surface area contributed by atoms with Crippen molar-refractivity contribution in [3.63, 3.8) is 0 Å². The van der Waals surface area contributed by atoms with Gasteiger partial charge in [-0.05, 0) is 43.9 Å². The maximum absolute atomic E-state index is 13.2. The maximum Gasteiger partial charge on any atom is 0.290 e. The summed E-state index contributed by atoms with van der Waals surface area (Å²) in [5.74, 6) is -0.649. The summed E-state index contributed by atoms with van der Waals surface area (Å²) >= 11 is 0. The molecule has 1 amide bonds. The highest BCUT2D eigenvalue weighted by Gasteiger charge is 2.44. The van der Waals surface area contributed by atoms with Crippen LogP contribution in [0.2, 0.25) is 0 Å². The normalized spacial score (nSPS) is 16.3. The SMILES string of the molecule is COc1cc([C@@H]2C(C(=O)c3ccco3)=C(O)C(=O)N2CCN(C)C)cc(OC)c1OC. The quantitative estimate of drug-likeness (QED) is 0.606. The zero-order valence-corrected chi connectivity index (χ0v) is 18.2. The van der Waals surface area contributed by atoms with Gasteiger partial charge in [-0.3, -0.25) is 9.59 Å². The van der Waals surface area contributed by atoms with Gasteiger partial charge in [0.05, 0.1) is 39.2 Å². The number of benzene rings is 1. The number of furan rings is 1. The van der Waals surface area contributed by atoms with Crippen molar-refractivity contribution in [3.05, 3.63) is 53.2 Å². The van der Waals surface area contributed by atoms with E-state index in [-0.39, 0.29) is 17.9 Å². The van der Waals surface area contributed by atoms with Gasteiger partial charge in [0.1, 0.15) is 0 Å². The third-order valence-electron chi connectivity index (χ3n) is 5.08. The molecule has 9 heteroatoms. The molecule has 3 rings (SSSR count). The number of ketones is 1. The van der Waals surface area contributed by atoms with Gasteiger partial charge < -0.3 is 33.5 Å². The molecule has 1 aliphatic heterocycles. The Labute approximate surface area is 180 Å². The van der Waals surface area contributed by atoms with Crippen molar-refractivity contribution < 1.29 is 33.3 Å². The van der Waals surface area contributed by atoms with E-state index < -0.39 is 23.5 Å². The van der Waals surface area contributed by atoms with Gasteiger partial charge >= 0.3 is 0 Å². The Morgan fingerprint density at radius 3 is 2.29 bits per heavy atom. The molecule has 0 unspecified atom stereocenters. The van der Waals surface area contributed by atoms with Crippen molar-refractivity contribution >= 4 is 11.7 Å². The third kappa shape index (κ3) is 4.09. The minimum absolute atomic E-state index is 0.0289. The average Bonchev–Trinajstić information content (AvgIpc) is 3.38. The summed E-state index contributed by atoms with van der Waals surface area (Å²) < 4.78 is 21.5. The number of likely N-dealkylation sites (N-methyl/N-ethyl adjacent to an activating group) is 1. The zero-order chi connectivity index (χ0) is 22.7. The van der Waals surface area contributed by atoms with Crippen LogP contribution in [-0.2, 0) is 4.79 Å². The fourth-order valence-electron chi connectivity index (χ4n) is 3.57. The number of ether oxygens (including phenoxy) is 3. The topological polar surface area (TPSA) is 102 Å². The number of hydrogen-bond acceptors (Lipinski definition) is 8. The van der Waals surface area contributed by atoms with Crippen molar-refractivity contribution in [1.82, 2.24) is 9.80 Å². The lowest BCUT2D eigenvalue weighted by Gasteiger charge is -2.28. The van der Waals surface area contributed by atoms with E-state index in [2.05, 4.69) is 0 Å². The van der Waals surface area contributed by atoms with E-state index in [1.807, 2.05) is 19.0 Å². The van der Waals surface area contributed by atoms with Crippen LogP contribution in [-0.4, -0.2) is 75.1 Å². The van der Waals surface area contributed by atoms with E-state index in [9.17, 15) is 14.7 Å². The third-order valence-corrected chi connectivity index (χ3v) is 5.08. The number of nitrogens with zero attached hydrogens (tertiary/aromatic N) is 2. The number of carbonyl (C=O) groups excluding carboxylic acids is 2. The Bertz CT molecular complexity index is 970. The van der Waals surface area contributed by atoms with Crippen molar-refractivity contribution in [1.29, 1.82) is 0 Å². The number of aliphatic hydroxyl groups is 1. The number of rotatable bonds is 9. The zero-order valence-electron chi connectivity index (χ0n) is 18.2. The van der Waals surface area contributed by atoms with E-state index in [1.165, 1.54) is 38.6 Å². The summed E-state index contributed by atoms with van der Waals surface area (Å²) in [5.41, 5.74) is 0.466. The molecule has 1 aliphatic rings. The lowest BCUT2D eigenvalue weighted by Crippen LogP contribution is -2.36. The molecule has 2 aromatic rings. The first-order valence-corrected chi connectivity index (χ1v) is 9.60. The van der Waals surface area contributed by atoms with E-state index >= 15 is 0 Å². The van der Waals surface area contributed by atoms with Crippen LogP contribution >= 0.6 is 0 Å². The molecular formula is C22H26N2O7. The van der Waals surface area contributed by atoms with Crippen molar-refractivity contribution in [2.45, 2.75) is 6.04 Å². The predicted octanol–water partition coefficient (Wildman–Crippen LogP) is 2.45. The molecule has 1 aromatic heterocycles. The number of aliphatic hydroxyl groups excluding tert-OH is 1. The molecule has 1 aromatic carbocycles. The molecule has 1 N–H and O–H groups in total. The Morgan fingerprint density at radius 1 is 1.16 bits per heavy atom. The van der Waals surface area contributed by atoms with Crippen LogP contribution in [0.4, 0.5) is 0 Å². The lowest BCUT2D eigenvalue weighted by molar-refractivity contribution is -0.129. The van der Waals surface area contributed by atoms with Gasteiger partial charge in [-0.15, -0.1) is 0 Å². The Morgan fingerprint density at radius 2 is 1.81 bits per heavy atom. The van der Waals surface area contributed by atoms with Gasteiger partial charge in [0.15, 0.2) is 23.0 Å². The monoisotopic (exact) mass is 430 g/mol. The van der Waals surface area contributed by atoms with Gasteiger partial charge in [0.2, 0.25) is 11.5 Å². The van der Waals surface area contributed by atoms with Gasteiger partial charge in [-0.25, -0.2) is 0 Å². The highest BCUT2D eigenvalue weighted by Crippen LogP contribution is 2.45. The smallest absolute Gasteiger partial charge is 0.290 e. The van der Waals surface area contributed by atoms with Crippen molar-refractivity contribution in [2.75, 3.05) is 48.5 Å². The van der Waals surface area contributed by atoms with Crippen LogP contribution in [0.15, 0.2) is 46.3 Å². The number of amides is 1. The van der Waals surface area contributed by atoms with Crippen LogP contribution in [0, 0.1) is 0 Å². The second-order valence-electron chi connectivity index (χ2n) is 7.23. The van der Waals surface area contributed by atoms with Crippen LogP contribution in [0.3, 0.4) is 0 Å². The Kier molecular flexibility index (Phi) is 6.55. The highest BCUT2D eigenvalue weighted by molar-refractivity contribution is 6.15. The Hall–Kier alpha value is -3.46. The number of Topliss-reactive ketones (excluding diaryl/α,β-unsaturated/α-hetero) is 1. The van der Waals surface area contributed by atoms with Crippen LogP contribution in [0.5, 0.6) is 17.2 Å². The highest BCUT2D eigenvalue weighted by atomic mass is 16.5. The number of methoxy groups -OCH3 is 3. The number of hydrogen-bond donors (Lipinski definition) is 1. The first kappa shape index (κ1) is 22.2. The largest absolute Gasteiger partial charge is 0.503 e. The summed E-state index contributed by atoms with van der Waals surface area (Å²) in [6.07, 6.45) is 1.36. The van der Waals surface area contributed by atoms with E-state index in [1.54, 1.807) is 18.2 Å². The van der Waals surface area contributed by atoms with E-state index in [0.29, 0.717) is 29.4 Å². The summed E-state index contributed by atoms with van der Waals surface area (Å²) in [6, 6.07) is 5.52. The molecule has 0 aliphatic carbocycles. The fraction of sp³-hybridized carbons (Fsp3) is 0.364.